The number of nitriles is 1. The third-order valence-electron chi connectivity index (χ3n) is 4.55. The number of rotatable bonds is 5. The van der Waals surface area contributed by atoms with Crippen LogP contribution in [0.5, 0.6) is 0 Å². The first-order chi connectivity index (χ1) is 14.3. The Balaban J connectivity index is 1.96. The molecule has 3 N–H and O–H groups in total. The van der Waals surface area contributed by atoms with Crippen molar-refractivity contribution in [3.63, 3.8) is 0 Å². The summed E-state index contributed by atoms with van der Waals surface area (Å²) in [6.45, 7) is 4.03. The molecule has 0 aliphatic carbocycles. The molecule has 0 unspecified atom stereocenters. The number of amides is 2. The van der Waals surface area contributed by atoms with E-state index in [1.165, 1.54) is 13.2 Å². The molecule has 1 aromatic carbocycles. The molecule has 154 valence electrons. The lowest BCUT2D eigenvalue weighted by Gasteiger charge is -2.19. The Hall–Kier alpha value is -4.13. The summed E-state index contributed by atoms with van der Waals surface area (Å²) in [6, 6.07) is 9.94. The largest absolute Gasteiger partial charge is 0.465 e. The van der Waals surface area contributed by atoms with Crippen LogP contribution in [0.2, 0.25) is 0 Å². The van der Waals surface area contributed by atoms with Crippen molar-refractivity contribution >= 4 is 34.9 Å². The number of nitrogens with zero attached hydrogens (tertiary/aromatic N) is 5. The van der Waals surface area contributed by atoms with Gasteiger partial charge in [-0.15, -0.1) is 0 Å². The number of likely N-dealkylation sites (N-methyl/N-ethyl adjacent to an activating group) is 1. The van der Waals surface area contributed by atoms with Crippen molar-refractivity contribution in [2.24, 2.45) is 0 Å². The molecule has 0 saturated carbocycles. The van der Waals surface area contributed by atoms with E-state index in [2.05, 4.69) is 26.7 Å². The fraction of sp³-hybridized carbons (Fsp3) is 0.250. The number of allylic oxidation sites excluding steroid dienone is 1. The van der Waals surface area contributed by atoms with E-state index in [-0.39, 0.29) is 12.5 Å². The lowest BCUT2D eigenvalue weighted by molar-refractivity contribution is -0.116. The number of benzene rings is 1. The number of anilines is 3. The van der Waals surface area contributed by atoms with E-state index in [0.717, 1.165) is 16.3 Å². The van der Waals surface area contributed by atoms with Gasteiger partial charge in [0.1, 0.15) is 24.0 Å². The third-order valence-corrected chi connectivity index (χ3v) is 4.55. The van der Waals surface area contributed by atoms with Crippen molar-refractivity contribution in [2.75, 3.05) is 35.7 Å². The lowest BCUT2D eigenvalue weighted by atomic mass is 10.1. The molecule has 2 heterocycles. The number of para-hydroxylation sites is 2. The van der Waals surface area contributed by atoms with Gasteiger partial charge in [0, 0.05) is 19.8 Å². The molecule has 2 amide bonds. The van der Waals surface area contributed by atoms with Gasteiger partial charge in [0.05, 0.1) is 17.1 Å². The summed E-state index contributed by atoms with van der Waals surface area (Å²) in [7, 11) is 1.28. The standard InChI is InChI=1S/C20H21N7O3/c1-4-27-15-8-6-5-7-14(15)23-18(27)13(9-21)17-12(2)10-22-19(25-17)24-16(28)11-26(3)20(29)30/h5-8,10,23H,4,11H2,1-3H3,(H,29,30)(H,22,24,25,28). The van der Waals surface area contributed by atoms with Crippen LogP contribution in [0.25, 0.3) is 5.57 Å². The molecule has 1 aliphatic heterocycles. The summed E-state index contributed by atoms with van der Waals surface area (Å²) < 4.78 is 0. The molecule has 10 nitrogen and oxygen atoms in total. The molecule has 3 rings (SSSR count). The van der Waals surface area contributed by atoms with Gasteiger partial charge in [0.2, 0.25) is 11.9 Å². The monoisotopic (exact) mass is 407 g/mol. The van der Waals surface area contributed by atoms with E-state index >= 15 is 0 Å². The zero-order valence-electron chi connectivity index (χ0n) is 16.8. The van der Waals surface area contributed by atoms with Gasteiger partial charge in [0.15, 0.2) is 0 Å². The van der Waals surface area contributed by atoms with Crippen molar-refractivity contribution in [2.45, 2.75) is 13.8 Å². The summed E-state index contributed by atoms with van der Waals surface area (Å²) in [5.74, 6) is 0.0135. The number of carbonyl (C=O) groups is 2. The van der Waals surface area contributed by atoms with Crippen molar-refractivity contribution in [3.8, 4) is 6.07 Å². The van der Waals surface area contributed by atoms with E-state index < -0.39 is 12.0 Å². The zero-order valence-corrected chi connectivity index (χ0v) is 16.8. The van der Waals surface area contributed by atoms with Gasteiger partial charge in [-0.1, -0.05) is 12.1 Å². The third kappa shape index (κ3) is 4.00. The van der Waals surface area contributed by atoms with Gasteiger partial charge in [0.25, 0.3) is 0 Å². The number of fused-ring (bicyclic) bond motifs is 1. The Morgan fingerprint density at radius 3 is 2.77 bits per heavy atom. The first-order valence-electron chi connectivity index (χ1n) is 9.21. The number of carbonyl (C=O) groups excluding carboxylic acids is 1. The molecule has 10 heteroatoms. The van der Waals surface area contributed by atoms with Crippen molar-refractivity contribution in [1.29, 1.82) is 5.26 Å². The summed E-state index contributed by atoms with van der Waals surface area (Å²) in [4.78, 5) is 34.2. The highest BCUT2D eigenvalue weighted by Gasteiger charge is 2.27. The Bertz CT molecular complexity index is 1070. The first kappa shape index (κ1) is 20.6. The predicted octanol–water partition coefficient (Wildman–Crippen LogP) is 2.48. The van der Waals surface area contributed by atoms with E-state index in [1.807, 2.05) is 36.1 Å². The minimum Gasteiger partial charge on any atom is -0.465 e. The van der Waals surface area contributed by atoms with Crippen LogP contribution >= 0.6 is 0 Å². The van der Waals surface area contributed by atoms with Gasteiger partial charge in [-0.25, -0.2) is 14.8 Å². The normalized spacial score (nSPS) is 13.7. The summed E-state index contributed by atoms with van der Waals surface area (Å²) in [5.41, 5.74) is 3.20. The zero-order chi connectivity index (χ0) is 21.8. The lowest BCUT2D eigenvalue weighted by Crippen LogP contribution is -2.34. The number of hydrogen-bond donors (Lipinski definition) is 3. The Labute approximate surface area is 173 Å². The summed E-state index contributed by atoms with van der Waals surface area (Å²) >= 11 is 0. The Morgan fingerprint density at radius 2 is 2.10 bits per heavy atom. The van der Waals surface area contributed by atoms with Crippen molar-refractivity contribution in [1.82, 2.24) is 14.9 Å². The SMILES string of the molecule is CCN1C(=C(C#N)c2nc(NC(=O)CN(C)C(=O)O)ncc2C)Nc2ccccc21. The van der Waals surface area contributed by atoms with Crippen LogP contribution in [0.3, 0.4) is 0 Å². The van der Waals surface area contributed by atoms with Crippen molar-refractivity contribution in [3.05, 3.63) is 47.5 Å². The van der Waals surface area contributed by atoms with Crippen LogP contribution in [-0.4, -0.2) is 52.1 Å². The predicted molar refractivity (Wildman–Crippen MR) is 112 cm³/mol. The summed E-state index contributed by atoms with van der Waals surface area (Å²) in [5, 5.41) is 24.6. The fourth-order valence-electron chi connectivity index (χ4n) is 3.08. The molecular formula is C20H21N7O3. The van der Waals surface area contributed by atoms with Crippen LogP contribution in [0.4, 0.5) is 22.1 Å². The van der Waals surface area contributed by atoms with Gasteiger partial charge < -0.3 is 20.2 Å². The number of carboxylic acid groups (broad SMARTS) is 1. The van der Waals surface area contributed by atoms with Crippen LogP contribution in [0, 0.1) is 18.3 Å². The smallest absolute Gasteiger partial charge is 0.407 e. The Kier molecular flexibility index (Phi) is 5.83. The maximum Gasteiger partial charge on any atom is 0.407 e. The molecule has 0 spiro atoms. The number of hydrogen-bond acceptors (Lipinski definition) is 7. The summed E-state index contributed by atoms with van der Waals surface area (Å²) in [6.07, 6.45) is 0.286. The van der Waals surface area contributed by atoms with Crippen LogP contribution in [-0.2, 0) is 4.79 Å². The molecule has 30 heavy (non-hydrogen) atoms. The van der Waals surface area contributed by atoms with Gasteiger partial charge in [-0.2, -0.15) is 5.26 Å². The van der Waals surface area contributed by atoms with E-state index in [9.17, 15) is 14.9 Å². The van der Waals surface area contributed by atoms with Gasteiger partial charge in [-0.3, -0.25) is 10.1 Å². The minimum absolute atomic E-state index is 0.00806. The average Bonchev–Trinajstić information content (AvgIpc) is 3.08. The van der Waals surface area contributed by atoms with E-state index in [1.54, 1.807) is 6.92 Å². The van der Waals surface area contributed by atoms with Gasteiger partial charge >= 0.3 is 6.09 Å². The van der Waals surface area contributed by atoms with Crippen LogP contribution in [0.1, 0.15) is 18.2 Å². The van der Waals surface area contributed by atoms with Crippen LogP contribution in [0.15, 0.2) is 36.3 Å². The Morgan fingerprint density at radius 1 is 1.37 bits per heavy atom. The molecular weight excluding hydrogens is 386 g/mol. The quantitative estimate of drug-likeness (QED) is 0.644. The number of aryl methyl sites for hydroxylation is 1. The fourth-order valence-corrected chi connectivity index (χ4v) is 3.08. The average molecular weight is 407 g/mol. The minimum atomic E-state index is -1.22. The molecule has 1 aromatic heterocycles. The molecule has 0 radical (unpaired) electrons. The molecule has 1 aliphatic rings. The van der Waals surface area contributed by atoms with Gasteiger partial charge in [-0.05, 0) is 31.5 Å². The molecule has 0 saturated heterocycles. The number of nitrogens with one attached hydrogen (secondary N) is 2. The highest BCUT2D eigenvalue weighted by atomic mass is 16.4. The topological polar surface area (TPSA) is 134 Å². The van der Waals surface area contributed by atoms with Crippen molar-refractivity contribution < 1.29 is 14.7 Å². The second-order valence-corrected chi connectivity index (χ2v) is 6.63. The highest BCUT2D eigenvalue weighted by molar-refractivity contribution is 5.93. The molecule has 0 fully saturated rings. The van der Waals surface area contributed by atoms with E-state index in [4.69, 9.17) is 5.11 Å². The highest BCUT2D eigenvalue weighted by Crippen LogP contribution is 2.38. The molecule has 0 atom stereocenters. The molecule has 0 bridgehead atoms. The second-order valence-electron chi connectivity index (χ2n) is 6.63. The maximum atomic E-state index is 12.1. The first-order valence-corrected chi connectivity index (χ1v) is 9.21. The second kappa shape index (κ2) is 8.48. The number of aromatic nitrogens is 2. The van der Waals surface area contributed by atoms with E-state index in [0.29, 0.717) is 29.2 Å². The maximum absolute atomic E-state index is 12.1. The van der Waals surface area contributed by atoms with Crippen LogP contribution < -0.4 is 15.5 Å². The molecule has 2 aromatic rings.